The first-order valence-corrected chi connectivity index (χ1v) is 5.20. The molecule has 0 spiro atoms. The fourth-order valence-electron chi connectivity index (χ4n) is 1.83. The smallest absolute Gasteiger partial charge is 0.124 e. The molecule has 0 aliphatic carbocycles. The molecule has 2 aromatic rings. The van der Waals surface area contributed by atoms with Gasteiger partial charge in [-0.3, -0.25) is 0 Å². The fourth-order valence-corrected chi connectivity index (χ4v) is 1.83. The Morgan fingerprint density at radius 3 is 2.69 bits per heavy atom. The molecule has 0 unspecified atom stereocenters. The van der Waals surface area contributed by atoms with Gasteiger partial charge in [0.15, 0.2) is 0 Å². The minimum Gasteiger partial charge on any atom is -0.324 e. The van der Waals surface area contributed by atoms with Gasteiger partial charge in [-0.1, -0.05) is 0 Å². The number of aryl methyl sites for hydroxylation is 2. The highest BCUT2D eigenvalue weighted by molar-refractivity contribution is 5.78. The van der Waals surface area contributed by atoms with Crippen molar-refractivity contribution in [2.75, 3.05) is 0 Å². The molecule has 0 fully saturated rings. The van der Waals surface area contributed by atoms with Crippen LogP contribution >= 0.6 is 0 Å². The average molecular weight is 214 g/mol. The first-order chi connectivity index (χ1) is 7.67. The summed E-state index contributed by atoms with van der Waals surface area (Å²) in [6, 6.07) is 6.24. The Morgan fingerprint density at radius 2 is 2.06 bits per heavy atom. The van der Waals surface area contributed by atoms with Crippen molar-refractivity contribution in [1.29, 1.82) is 5.26 Å². The van der Waals surface area contributed by atoms with Gasteiger partial charge in [-0.05, 0) is 37.1 Å². The molecule has 0 saturated heterocycles. The third kappa shape index (κ3) is 1.55. The van der Waals surface area contributed by atoms with Crippen molar-refractivity contribution in [2.45, 2.75) is 26.9 Å². The summed E-state index contributed by atoms with van der Waals surface area (Å²) < 4.78 is 1.88. The molecule has 1 aromatic carbocycles. The maximum atomic E-state index is 8.80. The van der Waals surface area contributed by atoms with Crippen LogP contribution in [0.25, 0.3) is 11.0 Å². The molecule has 0 bridgehead atoms. The summed E-state index contributed by atoms with van der Waals surface area (Å²) in [7, 11) is 0. The van der Waals surface area contributed by atoms with Crippen LogP contribution in [-0.4, -0.2) is 9.55 Å². The van der Waals surface area contributed by atoms with E-state index in [2.05, 4.69) is 31.0 Å². The lowest BCUT2D eigenvalue weighted by molar-refractivity contribution is 0.765. The van der Waals surface area contributed by atoms with E-state index in [4.69, 9.17) is 11.0 Å². The van der Waals surface area contributed by atoms with Gasteiger partial charge in [-0.15, -0.1) is 0 Å². The van der Waals surface area contributed by atoms with E-state index in [1.165, 1.54) is 11.1 Å². The summed E-state index contributed by atoms with van der Waals surface area (Å²) in [6.07, 6.45) is 0. The van der Waals surface area contributed by atoms with Gasteiger partial charge in [0.1, 0.15) is 12.4 Å². The number of nitrogens with two attached hydrogens (primary N) is 1. The van der Waals surface area contributed by atoms with E-state index in [1.807, 2.05) is 10.6 Å². The molecule has 0 saturated carbocycles. The zero-order valence-corrected chi connectivity index (χ0v) is 9.49. The molecule has 16 heavy (non-hydrogen) atoms. The van der Waals surface area contributed by atoms with E-state index < -0.39 is 0 Å². The molecular formula is C12H14N4. The number of hydrogen-bond donors (Lipinski definition) is 1. The third-order valence-electron chi connectivity index (χ3n) is 2.85. The predicted octanol–water partition coefficient (Wildman–Crippen LogP) is 1.64. The Hall–Kier alpha value is -1.86. The van der Waals surface area contributed by atoms with Crippen LogP contribution in [0.1, 0.15) is 17.0 Å². The van der Waals surface area contributed by atoms with E-state index >= 15 is 0 Å². The molecular weight excluding hydrogens is 200 g/mol. The summed E-state index contributed by atoms with van der Waals surface area (Å²) in [5, 5.41) is 8.80. The zero-order chi connectivity index (χ0) is 11.7. The van der Waals surface area contributed by atoms with Crippen LogP contribution in [0.5, 0.6) is 0 Å². The van der Waals surface area contributed by atoms with E-state index in [1.54, 1.807) is 0 Å². The van der Waals surface area contributed by atoms with E-state index in [0.29, 0.717) is 13.1 Å². The quantitative estimate of drug-likeness (QED) is 0.826. The summed E-state index contributed by atoms with van der Waals surface area (Å²) in [6.45, 7) is 4.76. The SMILES string of the molecule is Cc1cc2nc(CN)n(CC#N)c2cc1C. The number of nitrogens with zero attached hydrogens (tertiary/aromatic N) is 3. The van der Waals surface area contributed by atoms with Crippen molar-refractivity contribution in [1.82, 2.24) is 9.55 Å². The third-order valence-corrected chi connectivity index (χ3v) is 2.85. The van der Waals surface area contributed by atoms with E-state index in [-0.39, 0.29) is 0 Å². The summed E-state index contributed by atoms with van der Waals surface area (Å²) in [5.41, 5.74) is 9.94. The van der Waals surface area contributed by atoms with Gasteiger partial charge in [-0.2, -0.15) is 5.26 Å². The molecule has 0 amide bonds. The average Bonchev–Trinajstić information content (AvgIpc) is 2.58. The number of imidazole rings is 1. The largest absolute Gasteiger partial charge is 0.324 e. The number of nitriles is 1. The molecule has 0 radical (unpaired) electrons. The normalized spacial score (nSPS) is 10.6. The number of rotatable bonds is 2. The minimum absolute atomic E-state index is 0.297. The van der Waals surface area contributed by atoms with Gasteiger partial charge < -0.3 is 10.3 Å². The van der Waals surface area contributed by atoms with Crippen LogP contribution in [0.2, 0.25) is 0 Å². The molecule has 1 aromatic heterocycles. The van der Waals surface area contributed by atoms with Gasteiger partial charge >= 0.3 is 0 Å². The van der Waals surface area contributed by atoms with E-state index in [9.17, 15) is 0 Å². The number of benzene rings is 1. The second-order valence-electron chi connectivity index (χ2n) is 3.90. The lowest BCUT2D eigenvalue weighted by Crippen LogP contribution is -2.07. The second-order valence-corrected chi connectivity index (χ2v) is 3.90. The number of aromatic nitrogens is 2. The van der Waals surface area contributed by atoms with Crippen LogP contribution in [0.3, 0.4) is 0 Å². The maximum Gasteiger partial charge on any atom is 0.124 e. The van der Waals surface area contributed by atoms with Crippen molar-refractivity contribution >= 4 is 11.0 Å². The Balaban J connectivity index is 2.75. The van der Waals surface area contributed by atoms with Crippen molar-refractivity contribution in [3.8, 4) is 6.07 Å². The topological polar surface area (TPSA) is 67.6 Å². The minimum atomic E-state index is 0.297. The lowest BCUT2D eigenvalue weighted by Gasteiger charge is -2.03. The van der Waals surface area contributed by atoms with Gasteiger partial charge in [0.2, 0.25) is 0 Å². The van der Waals surface area contributed by atoms with Crippen LogP contribution in [-0.2, 0) is 13.1 Å². The first kappa shape index (κ1) is 10.7. The van der Waals surface area contributed by atoms with Crippen molar-refractivity contribution in [3.05, 3.63) is 29.1 Å². The summed E-state index contributed by atoms with van der Waals surface area (Å²) in [4.78, 5) is 4.44. The standard InChI is InChI=1S/C12H14N4/c1-8-5-10-11(6-9(8)2)16(4-3-13)12(7-14)15-10/h5-6H,4,7,14H2,1-2H3. The number of hydrogen-bond acceptors (Lipinski definition) is 3. The molecule has 0 aliphatic heterocycles. The Morgan fingerprint density at radius 1 is 1.38 bits per heavy atom. The van der Waals surface area contributed by atoms with Gasteiger partial charge in [0.05, 0.1) is 23.6 Å². The van der Waals surface area contributed by atoms with Crippen molar-refractivity contribution in [2.24, 2.45) is 5.73 Å². The van der Waals surface area contributed by atoms with Crippen LogP contribution in [0.15, 0.2) is 12.1 Å². The van der Waals surface area contributed by atoms with Gasteiger partial charge in [0, 0.05) is 0 Å². The molecule has 1 heterocycles. The van der Waals surface area contributed by atoms with Crippen molar-refractivity contribution < 1.29 is 0 Å². The molecule has 2 N–H and O–H groups in total. The Kier molecular flexibility index (Phi) is 2.63. The lowest BCUT2D eigenvalue weighted by atomic mass is 10.1. The molecule has 4 heteroatoms. The second kappa shape index (κ2) is 3.95. The molecule has 82 valence electrons. The summed E-state index contributed by atoms with van der Waals surface area (Å²) >= 11 is 0. The van der Waals surface area contributed by atoms with Crippen molar-refractivity contribution in [3.63, 3.8) is 0 Å². The van der Waals surface area contributed by atoms with Crippen LogP contribution in [0, 0.1) is 25.2 Å². The molecule has 0 aliphatic rings. The van der Waals surface area contributed by atoms with Gasteiger partial charge in [-0.25, -0.2) is 4.98 Å². The summed E-state index contributed by atoms with van der Waals surface area (Å²) in [5.74, 6) is 0.765. The Labute approximate surface area is 94.3 Å². The monoisotopic (exact) mass is 214 g/mol. The Bertz CT molecular complexity index is 575. The molecule has 2 rings (SSSR count). The molecule has 0 atom stereocenters. The van der Waals surface area contributed by atoms with Crippen LogP contribution < -0.4 is 5.73 Å². The highest BCUT2D eigenvalue weighted by Crippen LogP contribution is 2.20. The fraction of sp³-hybridized carbons (Fsp3) is 0.333. The zero-order valence-electron chi connectivity index (χ0n) is 9.49. The van der Waals surface area contributed by atoms with Crippen LogP contribution in [0.4, 0.5) is 0 Å². The predicted molar refractivity (Wildman–Crippen MR) is 62.7 cm³/mol. The highest BCUT2D eigenvalue weighted by atomic mass is 15.1. The first-order valence-electron chi connectivity index (χ1n) is 5.20. The van der Waals surface area contributed by atoms with Gasteiger partial charge in [0.25, 0.3) is 0 Å². The maximum absolute atomic E-state index is 8.80. The highest BCUT2D eigenvalue weighted by Gasteiger charge is 2.10. The molecule has 4 nitrogen and oxygen atoms in total. The number of fused-ring (bicyclic) bond motifs is 1. The van der Waals surface area contributed by atoms with E-state index in [0.717, 1.165) is 16.9 Å².